The second kappa shape index (κ2) is 9.09. The van der Waals surface area contributed by atoms with E-state index in [9.17, 15) is 4.57 Å². The maximum Gasteiger partial charge on any atom is 0.335 e. The fourth-order valence-corrected chi connectivity index (χ4v) is 3.51. The molecule has 5 heteroatoms. The van der Waals surface area contributed by atoms with Crippen molar-refractivity contribution in [3.05, 3.63) is 48.0 Å². The van der Waals surface area contributed by atoms with Crippen molar-refractivity contribution in [3.63, 3.8) is 0 Å². The molecule has 0 amide bonds. The average Bonchev–Trinajstić information content (AvgIpc) is 2.39. The molecular weight excluding hydrogens is 275 g/mol. The lowest BCUT2D eigenvalue weighted by Gasteiger charge is -2.17. The third-order valence-electron chi connectivity index (χ3n) is 2.52. The summed E-state index contributed by atoms with van der Waals surface area (Å²) >= 11 is 0. The zero-order valence-corrected chi connectivity index (χ0v) is 13.1. The number of rotatable bonds is 10. The van der Waals surface area contributed by atoms with Crippen molar-refractivity contribution >= 4 is 7.60 Å². The molecule has 0 unspecified atom stereocenters. The monoisotopic (exact) mass is 298 g/mol. The summed E-state index contributed by atoms with van der Waals surface area (Å²) in [4.78, 5) is 0. The molecule has 0 saturated heterocycles. The molecule has 0 fully saturated rings. The van der Waals surface area contributed by atoms with E-state index in [1.165, 1.54) is 0 Å². The summed E-state index contributed by atoms with van der Waals surface area (Å²) in [7, 11) is -3.05. The van der Waals surface area contributed by atoms with Crippen LogP contribution in [-0.4, -0.2) is 19.8 Å². The zero-order chi connectivity index (χ0) is 14.8. The first-order valence-electron chi connectivity index (χ1n) is 6.78. The van der Waals surface area contributed by atoms with Crippen molar-refractivity contribution in [2.75, 3.05) is 19.8 Å². The van der Waals surface area contributed by atoms with Crippen molar-refractivity contribution < 1.29 is 18.3 Å². The van der Waals surface area contributed by atoms with Crippen LogP contribution in [0.25, 0.3) is 0 Å². The molecule has 0 aliphatic carbocycles. The fourth-order valence-electron chi connectivity index (χ4n) is 1.82. The Morgan fingerprint density at radius 2 is 1.85 bits per heavy atom. The van der Waals surface area contributed by atoms with Crippen molar-refractivity contribution in [2.45, 2.75) is 26.6 Å². The zero-order valence-electron chi connectivity index (χ0n) is 12.2. The third kappa shape index (κ3) is 6.02. The number of hydrogen-bond donors (Lipinski definition) is 0. The SMILES string of the molecule is C=CCOCc1cccc(CP(=O)(OCC)OCC)c1. The Hall–Kier alpha value is -0.930. The quantitative estimate of drug-likeness (QED) is 0.370. The van der Waals surface area contributed by atoms with Crippen LogP contribution < -0.4 is 0 Å². The first-order valence-corrected chi connectivity index (χ1v) is 8.51. The van der Waals surface area contributed by atoms with Gasteiger partial charge in [-0.2, -0.15) is 0 Å². The van der Waals surface area contributed by atoms with E-state index in [1.807, 2.05) is 38.1 Å². The largest absolute Gasteiger partial charge is 0.373 e. The van der Waals surface area contributed by atoms with Gasteiger partial charge in [-0.05, 0) is 25.0 Å². The predicted octanol–water partition coefficient (Wildman–Crippen LogP) is 4.16. The van der Waals surface area contributed by atoms with E-state index in [0.29, 0.717) is 26.4 Å². The van der Waals surface area contributed by atoms with Gasteiger partial charge in [0, 0.05) is 0 Å². The summed E-state index contributed by atoms with van der Waals surface area (Å²) in [5, 5.41) is 0. The highest BCUT2D eigenvalue weighted by Gasteiger charge is 2.23. The molecule has 0 aliphatic rings. The summed E-state index contributed by atoms with van der Waals surface area (Å²) in [5.74, 6) is 0. The van der Waals surface area contributed by atoms with Crippen LogP contribution in [0, 0.1) is 0 Å². The molecule has 0 heterocycles. The molecule has 0 radical (unpaired) electrons. The van der Waals surface area contributed by atoms with E-state index in [-0.39, 0.29) is 6.16 Å². The summed E-state index contributed by atoms with van der Waals surface area (Å²) in [5.41, 5.74) is 1.96. The Bertz CT molecular complexity index is 449. The smallest absolute Gasteiger partial charge is 0.335 e. The van der Waals surface area contributed by atoms with Crippen LogP contribution in [-0.2, 0) is 31.1 Å². The van der Waals surface area contributed by atoms with Crippen LogP contribution in [0.1, 0.15) is 25.0 Å². The Morgan fingerprint density at radius 1 is 1.20 bits per heavy atom. The average molecular weight is 298 g/mol. The number of ether oxygens (including phenoxy) is 1. The van der Waals surface area contributed by atoms with E-state index >= 15 is 0 Å². The highest BCUT2D eigenvalue weighted by molar-refractivity contribution is 7.53. The minimum absolute atomic E-state index is 0.282. The molecule has 1 aromatic carbocycles. The highest BCUT2D eigenvalue weighted by atomic mass is 31.2. The highest BCUT2D eigenvalue weighted by Crippen LogP contribution is 2.51. The van der Waals surface area contributed by atoms with E-state index in [1.54, 1.807) is 6.08 Å². The van der Waals surface area contributed by atoms with Crippen molar-refractivity contribution in [1.82, 2.24) is 0 Å². The van der Waals surface area contributed by atoms with Gasteiger partial charge in [-0.1, -0.05) is 30.3 Å². The van der Waals surface area contributed by atoms with Gasteiger partial charge in [0.15, 0.2) is 0 Å². The Labute approximate surface area is 121 Å². The summed E-state index contributed by atoms with van der Waals surface area (Å²) in [6, 6.07) is 7.78. The lowest BCUT2D eigenvalue weighted by atomic mass is 10.1. The third-order valence-corrected chi connectivity index (χ3v) is 4.58. The van der Waals surface area contributed by atoms with Crippen LogP contribution in [0.5, 0.6) is 0 Å². The van der Waals surface area contributed by atoms with E-state index in [2.05, 4.69) is 6.58 Å². The molecule has 0 saturated carbocycles. The van der Waals surface area contributed by atoms with Gasteiger partial charge in [0.05, 0.1) is 32.6 Å². The van der Waals surface area contributed by atoms with Gasteiger partial charge < -0.3 is 13.8 Å². The van der Waals surface area contributed by atoms with Gasteiger partial charge in [-0.3, -0.25) is 4.57 Å². The van der Waals surface area contributed by atoms with E-state index < -0.39 is 7.60 Å². The van der Waals surface area contributed by atoms with Gasteiger partial charge in [0.1, 0.15) is 0 Å². The van der Waals surface area contributed by atoms with Crippen molar-refractivity contribution in [2.24, 2.45) is 0 Å². The lowest BCUT2D eigenvalue weighted by Crippen LogP contribution is -2.00. The molecule has 0 aromatic heterocycles. The molecule has 1 rings (SSSR count). The lowest BCUT2D eigenvalue weighted by molar-refractivity contribution is 0.149. The van der Waals surface area contributed by atoms with Crippen molar-refractivity contribution in [3.8, 4) is 0 Å². The van der Waals surface area contributed by atoms with Crippen LogP contribution in [0.4, 0.5) is 0 Å². The van der Waals surface area contributed by atoms with Gasteiger partial charge in [-0.15, -0.1) is 6.58 Å². The molecule has 112 valence electrons. The molecule has 1 aromatic rings. The molecule has 20 heavy (non-hydrogen) atoms. The van der Waals surface area contributed by atoms with E-state index in [0.717, 1.165) is 11.1 Å². The first-order chi connectivity index (χ1) is 9.63. The maximum atomic E-state index is 12.5. The summed E-state index contributed by atoms with van der Waals surface area (Å²) < 4.78 is 28.5. The van der Waals surface area contributed by atoms with Crippen LogP contribution in [0.3, 0.4) is 0 Å². The first kappa shape index (κ1) is 17.1. The number of benzene rings is 1. The minimum Gasteiger partial charge on any atom is -0.373 e. The summed E-state index contributed by atoms with van der Waals surface area (Å²) in [6.07, 6.45) is 1.99. The summed E-state index contributed by atoms with van der Waals surface area (Å²) in [6.45, 7) is 9.00. The van der Waals surface area contributed by atoms with Crippen molar-refractivity contribution in [1.29, 1.82) is 0 Å². The van der Waals surface area contributed by atoms with E-state index in [4.69, 9.17) is 13.8 Å². The van der Waals surface area contributed by atoms with Crippen LogP contribution in [0.2, 0.25) is 0 Å². The molecule has 4 nitrogen and oxygen atoms in total. The van der Waals surface area contributed by atoms with Crippen LogP contribution >= 0.6 is 7.60 Å². The Balaban J connectivity index is 2.72. The standard InChI is InChI=1S/C15H23O4P/c1-4-10-17-12-14-8-7-9-15(11-14)13-20(16,18-5-2)19-6-3/h4,7-9,11H,1,5-6,10,12-13H2,2-3H3. The minimum atomic E-state index is -3.05. The molecule has 0 N–H and O–H groups in total. The van der Waals surface area contributed by atoms with Gasteiger partial charge in [0.2, 0.25) is 0 Å². The molecule has 0 spiro atoms. The molecule has 0 bridgehead atoms. The number of hydrogen-bond acceptors (Lipinski definition) is 4. The Kier molecular flexibility index (Phi) is 7.78. The van der Waals surface area contributed by atoms with Gasteiger partial charge >= 0.3 is 7.60 Å². The molecule has 0 aliphatic heterocycles. The maximum absolute atomic E-state index is 12.5. The van der Waals surface area contributed by atoms with Crippen LogP contribution in [0.15, 0.2) is 36.9 Å². The second-order valence-electron chi connectivity index (χ2n) is 4.23. The fraction of sp³-hybridized carbons (Fsp3) is 0.467. The van der Waals surface area contributed by atoms with Gasteiger partial charge in [-0.25, -0.2) is 0 Å². The second-order valence-corrected chi connectivity index (χ2v) is 6.28. The topological polar surface area (TPSA) is 44.8 Å². The normalized spacial score (nSPS) is 11.5. The Morgan fingerprint density at radius 3 is 2.45 bits per heavy atom. The molecule has 0 atom stereocenters. The molecular formula is C15H23O4P. The van der Waals surface area contributed by atoms with Gasteiger partial charge in [0.25, 0.3) is 0 Å². The predicted molar refractivity (Wildman–Crippen MR) is 80.9 cm³/mol.